The first kappa shape index (κ1) is 15.7. The summed E-state index contributed by atoms with van der Waals surface area (Å²) in [5, 5.41) is 11.0. The van der Waals surface area contributed by atoms with Crippen LogP contribution in [0.3, 0.4) is 0 Å². The number of aliphatic hydroxyl groups is 1. The SMILES string of the molecule is CN(Cc1cc(Br)cs1)S(=O)(=O)c1cccc(CO)c1. The van der Waals surface area contributed by atoms with Crippen LogP contribution in [-0.2, 0) is 23.2 Å². The third kappa shape index (κ3) is 3.48. The molecule has 1 N–H and O–H groups in total. The number of hydrogen-bond acceptors (Lipinski definition) is 4. The Labute approximate surface area is 130 Å². The highest BCUT2D eigenvalue weighted by atomic mass is 79.9. The van der Waals surface area contributed by atoms with Gasteiger partial charge < -0.3 is 5.11 Å². The molecule has 0 amide bonds. The maximum absolute atomic E-state index is 12.4. The first-order valence-electron chi connectivity index (χ1n) is 5.82. The van der Waals surface area contributed by atoms with Gasteiger partial charge in [-0.15, -0.1) is 11.3 Å². The van der Waals surface area contributed by atoms with Gasteiger partial charge in [0.1, 0.15) is 0 Å². The molecule has 0 fully saturated rings. The first-order chi connectivity index (χ1) is 9.43. The molecule has 0 spiro atoms. The van der Waals surface area contributed by atoms with E-state index in [1.54, 1.807) is 19.2 Å². The van der Waals surface area contributed by atoms with Gasteiger partial charge in [0.2, 0.25) is 10.0 Å². The van der Waals surface area contributed by atoms with Crippen molar-refractivity contribution in [2.24, 2.45) is 0 Å². The summed E-state index contributed by atoms with van der Waals surface area (Å²) in [6.07, 6.45) is 0. The van der Waals surface area contributed by atoms with Gasteiger partial charge in [-0.05, 0) is 39.7 Å². The van der Waals surface area contributed by atoms with Crippen LogP contribution in [-0.4, -0.2) is 24.9 Å². The molecule has 1 heterocycles. The Morgan fingerprint density at radius 2 is 2.10 bits per heavy atom. The van der Waals surface area contributed by atoms with Crippen molar-refractivity contribution in [2.75, 3.05) is 7.05 Å². The van der Waals surface area contributed by atoms with E-state index in [0.29, 0.717) is 12.1 Å². The fraction of sp³-hybridized carbons (Fsp3) is 0.231. The number of halogens is 1. The minimum atomic E-state index is -3.55. The quantitative estimate of drug-likeness (QED) is 0.873. The summed E-state index contributed by atoms with van der Waals surface area (Å²) < 4.78 is 27.2. The highest BCUT2D eigenvalue weighted by molar-refractivity contribution is 9.10. The smallest absolute Gasteiger partial charge is 0.243 e. The highest BCUT2D eigenvalue weighted by Gasteiger charge is 2.21. The van der Waals surface area contributed by atoms with Gasteiger partial charge in [0.15, 0.2) is 0 Å². The van der Waals surface area contributed by atoms with E-state index in [2.05, 4.69) is 15.9 Å². The number of sulfonamides is 1. The highest BCUT2D eigenvalue weighted by Crippen LogP contribution is 2.23. The van der Waals surface area contributed by atoms with Crippen LogP contribution in [0.4, 0.5) is 0 Å². The lowest BCUT2D eigenvalue weighted by Gasteiger charge is -2.16. The molecular weight excluding hydrogens is 362 g/mol. The van der Waals surface area contributed by atoms with E-state index in [4.69, 9.17) is 5.11 Å². The van der Waals surface area contributed by atoms with Crippen molar-refractivity contribution >= 4 is 37.3 Å². The molecule has 108 valence electrons. The van der Waals surface area contributed by atoms with E-state index in [9.17, 15) is 8.42 Å². The molecule has 0 aliphatic rings. The van der Waals surface area contributed by atoms with E-state index < -0.39 is 10.0 Å². The summed E-state index contributed by atoms with van der Waals surface area (Å²) in [6.45, 7) is 0.146. The molecule has 2 rings (SSSR count). The summed E-state index contributed by atoms with van der Waals surface area (Å²) >= 11 is 4.85. The summed E-state index contributed by atoms with van der Waals surface area (Å²) in [5.74, 6) is 0. The van der Waals surface area contributed by atoms with Crippen molar-refractivity contribution in [1.29, 1.82) is 0 Å². The lowest BCUT2D eigenvalue weighted by Crippen LogP contribution is -2.26. The van der Waals surface area contributed by atoms with Gasteiger partial charge in [-0.25, -0.2) is 8.42 Å². The van der Waals surface area contributed by atoms with Gasteiger partial charge in [0, 0.05) is 28.3 Å². The predicted octanol–water partition coefficient (Wildman–Crippen LogP) is 2.82. The number of hydrogen-bond donors (Lipinski definition) is 1. The average molecular weight is 376 g/mol. The first-order valence-corrected chi connectivity index (χ1v) is 8.94. The topological polar surface area (TPSA) is 57.6 Å². The van der Waals surface area contributed by atoms with Crippen LogP contribution in [0.2, 0.25) is 0 Å². The van der Waals surface area contributed by atoms with Crippen LogP contribution in [0.5, 0.6) is 0 Å². The minimum absolute atomic E-state index is 0.176. The largest absolute Gasteiger partial charge is 0.392 e. The van der Waals surface area contributed by atoms with Crippen LogP contribution >= 0.6 is 27.3 Å². The predicted molar refractivity (Wildman–Crippen MR) is 83.0 cm³/mol. The van der Waals surface area contributed by atoms with Crippen LogP contribution < -0.4 is 0 Å². The lowest BCUT2D eigenvalue weighted by molar-refractivity contribution is 0.281. The van der Waals surface area contributed by atoms with Crippen molar-refractivity contribution in [1.82, 2.24) is 4.31 Å². The fourth-order valence-corrected chi connectivity index (χ4v) is 4.53. The Balaban J connectivity index is 2.24. The van der Waals surface area contributed by atoms with Crippen molar-refractivity contribution in [3.8, 4) is 0 Å². The Hall–Kier alpha value is -0.730. The third-order valence-corrected chi connectivity index (χ3v) is 6.27. The normalized spacial score (nSPS) is 12.0. The van der Waals surface area contributed by atoms with Crippen LogP contribution in [0.25, 0.3) is 0 Å². The number of benzene rings is 1. The molecule has 0 saturated heterocycles. The van der Waals surface area contributed by atoms with E-state index >= 15 is 0 Å². The fourth-order valence-electron chi connectivity index (χ4n) is 1.73. The number of nitrogens with zero attached hydrogens (tertiary/aromatic N) is 1. The van der Waals surface area contributed by atoms with Crippen molar-refractivity contribution in [3.05, 3.63) is 50.6 Å². The minimum Gasteiger partial charge on any atom is -0.392 e. The van der Waals surface area contributed by atoms with E-state index in [1.807, 2.05) is 11.4 Å². The molecule has 7 heteroatoms. The zero-order chi connectivity index (χ0) is 14.8. The molecule has 0 bridgehead atoms. The molecule has 0 aliphatic carbocycles. The summed E-state index contributed by atoms with van der Waals surface area (Å²) in [5.41, 5.74) is 0.582. The number of rotatable bonds is 5. The third-order valence-electron chi connectivity index (χ3n) is 2.79. The zero-order valence-electron chi connectivity index (χ0n) is 10.8. The van der Waals surface area contributed by atoms with E-state index in [1.165, 1.54) is 27.8 Å². The Morgan fingerprint density at radius 1 is 1.35 bits per heavy atom. The van der Waals surface area contributed by atoms with Gasteiger partial charge >= 0.3 is 0 Å². The molecular formula is C13H14BrNO3S2. The van der Waals surface area contributed by atoms with E-state index in [-0.39, 0.29) is 11.5 Å². The molecule has 0 atom stereocenters. The molecule has 0 aliphatic heterocycles. The van der Waals surface area contributed by atoms with Crippen LogP contribution in [0.15, 0.2) is 45.1 Å². The van der Waals surface area contributed by atoms with Crippen LogP contribution in [0, 0.1) is 0 Å². The van der Waals surface area contributed by atoms with Crippen molar-refractivity contribution < 1.29 is 13.5 Å². The molecule has 0 unspecified atom stereocenters. The number of aliphatic hydroxyl groups excluding tert-OH is 1. The lowest BCUT2D eigenvalue weighted by atomic mass is 10.2. The standard InChI is InChI=1S/C13H14BrNO3S2/c1-15(7-12-6-11(14)9-19-12)20(17,18)13-4-2-3-10(5-13)8-16/h2-6,9,16H,7-8H2,1H3. The van der Waals surface area contributed by atoms with Gasteiger partial charge in [-0.3, -0.25) is 0 Å². The van der Waals surface area contributed by atoms with Crippen molar-refractivity contribution in [3.63, 3.8) is 0 Å². The second kappa shape index (κ2) is 6.36. The summed E-state index contributed by atoms with van der Waals surface area (Å²) in [6, 6.07) is 8.26. The monoisotopic (exact) mass is 375 g/mol. The molecule has 0 saturated carbocycles. The van der Waals surface area contributed by atoms with E-state index in [0.717, 1.165) is 9.35 Å². The Morgan fingerprint density at radius 3 is 2.70 bits per heavy atom. The molecule has 4 nitrogen and oxygen atoms in total. The van der Waals surface area contributed by atoms with Gasteiger partial charge in [0.05, 0.1) is 11.5 Å². The van der Waals surface area contributed by atoms with Gasteiger partial charge in [-0.2, -0.15) is 4.31 Å². The maximum atomic E-state index is 12.4. The van der Waals surface area contributed by atoms with Gasteiger partial charge in [0.25, 0.3) is 0 Å². The molecule has 0 radical (unpaired) electrons. The zero-order valence-corrected chi connectivity index (χ0v) is 14.0. The molecule has 1 aromatic carbocycles. The van der Waals surface area contributed by atoms with Crippen molar-refractivity contribution in [2.45, 2.75) is 18.0 Å². The second-order valence-electron chi connectivity index (χ2n) is 4.30. The molecule has 1 aromatic heterocycles. The van der Waals surface area contributed by atoms with Crippen LogP contribution in [0.1, 0.15) is 10.4 Å². The maximum Gasteiger partial charge on any atom is 0.243 e. The summed E-state index contributed by atoms with van der Waals surface area (Å²) in [7, 11) is -2.00. The summed E-state index contributed by atoms with van der Waals surface area (Å²) in [4.78, 5) is 1.16. The molecule has 2 aromatic rings. The Bertz CT molecular complexity index is 697. The average Bonchev–Trinajstić information content (AvgIpc) is 2.84. The van der Waals surface area contributed by atoms with Gasteiger partial charge in [-0.1, -0.05) is 12.1 Å². The second-order valence-corrected chi connectivity index (χ2v) is 8.25. The molecule has 20 heavy (non-hydrogen) atoms. The Kier molecular flexibility index (Phi) is 4.98. The number of thiophene rings is 1.